The van der Waals surface area contributed by atoms with Crippen LogP contribution >= 0.6 is 22.6 Å². The zero-order valence-electron chi connectivity index (χ0n) is 13.9. The molecule has 0 fully saturated rings. The van der Waals surface area contributed by atoms with E-state index in [9.17, 15) is 4.79 Å². The van der Waals surface area contributed by atoms with E-state index in [0.717, 1.165) is 22.6 Å². The summed E-state index contributed by atoms with van der Waals surface area (Å²) in [6.45, 7) is 4.09. The Morgan fingerprint density at radius 2 is 1.84 bits per heavy atom. The first kappa shape index (κ1) is 17.3. The van der Waals surface area contributed by atoms with E-state index in [4.69, 9.17) is 0 Å². The molecule has 0 aliphatic carbocycles. The average molecular weight is 444 g/mol. The predicted octanol–water partition coefficient (Wildman–Crippen LogP) is 3.86. The number of aryl methyl sites for hydroxylation is 1. The molecule has 3 aromatic rings. The highest BCUT2D eigenvalue weighted by Gasteiger charge is 2.09. The van der Waals surface area contributed by atoms with Gasteiger partial charge in [0.2, 0.25) is 0 Å². The molecule has 5 nitrogen and oxygen atoms in total. The monoisotopic (exact) mass is 444 g/mol. The van der Waals surface area contributed by atoms with Crippen molar-refractivity contribution in [1.82, 2.24) is 15.0 Å². The lowest BCUT2D eigenvalue weighted by molar-refractivity contribution is 0.0955. The van der Waals surface area contributed by atoms with E-state index in [1.54, 1.807) is 30.7 Å². The van der Waals surface area contributed by atoms with Gasteiger partial charge in [0.25, 0.3) is 5.91 Å². The van der Waals surface area contributed by atoms with E-state index in [-0.39, 0.29) is 5.91 Å². The predicted molar refractivity (Wildman–Crippen MR) is 107 cm³/mol. The third-order valence-electron chi connectivity index (χ3n) is 3.87. The Balaban J connectivity index is 1.79. The fourth-order valence-corrected chi connectivity index (χ4v) is 2.99. The summed E-state index contributed by atoms with van der Waals surface area (Å²) in [6.07, 6.45) is 4.82. The number of hydrazone groups is 1. The largest absolute Gasteiger partial charge is 0.318 e. The van der Waals surface area contributed by atoms with Gasteiger partial charge in [-0.3, -0.25) is 9.78 Å². The molecule has 0 aliphatic rings. The standard InChI is InChI=1S/C19H17IN4O/c1-13-11-16(12-22-23-19(25)15-7-9-21-10-8-15)14(2)24(13)18-5-3-17(20)4-6-18/h3-12H,1-2H3,(H,23,25)/b22-12+. The number of benzene rings is 1. The summed E-state index contributed by atoms with van der Waals surface area (Å²) in [7, 11) is 0. The molecule has 6 heteroatoms. The lowest BCUT2D eigenvalue weighted by Crippen LogP contribution is -2.17. The number of pyridine rings is 1. The van der Waals surface area contributed by atoms with Crippen LogP contribution in [0.5, 0.6) is 0 Å². The number of amides is 1. The molecule has 0 unspecified atom stereocenters. The van der Waals surface area contributed by atoms with Crippen LogP contribution in [0.15, 0.2) is 60.0 Å². The molecule has 1 N–H and O–H groups in total. The van der Waals surface area contributed by atoms with Gasteiger partial charge in [-0.2, -0.15) is 5.10 Å². The summed E-state index contributed by atoms with van der Waals surface area (Å²) >= 11 is 2.29. The van der Waals surface area contributed by atoms with Crippen LogP contribution in [0, 0.1) is 17.4 Å². The van der Waals surface area contributed by atoms with E-state index in [2.05, 4.69) is 79.9 Å². The second-order valence-corrected chi connectivity index (χ2v) is 6.82. The topological polar surface area (TPSA) is 59.3 Å². The molecule has 0 atom stereocenters. The van der Waals surface area contributed by atoms with Crippen LogP contribution in [-0.4, -0.2) is 21.7 Å². The molecule has 1 aromatic carbocycles. The van der Waals surface area contributed by atoms with Crippen LogP contribution in [0.3, 0.4) is 0 Å². The van der Waals surface area contributed by atoms with Gasteiger partial charge in [-0.05, 0) is 78.9 Å². The van der Waals surface area contributed by atoms with Gasteiger partial charge in [-0.1, -0.05) is 0 Å². The van der Waals surface area contributed by atoms with Gasteiger partial charge in [-0.25, -0.2) is 5.43 Å². The first-order chi connectivity index (χ1) is 12.1. The van der Waals surface area contributed by atoms with Crippen molar-refractivity contribution >= 4 is 34.7 Å². The molecule has 25 heavy (non-hydrogen) atoms. The summed E-state index contributed by atoms with van der Waals surface area (Å²) in [5.74, 6) is -0.259. The minimum atomic E-state index is -0.259. The smallest absolute Gasteiger partial charge is 0.271 e. The summed E-state index contributed by atoms with van der Waals surface area (Å²) in [6, 6.07) is 13.7. The van der Waals surface area contributed by atoms with Gasteiger partial charge in [0.15, 0.2) is 0 Å². The minimum absolute atomic E-state index is 0.259. The second kappa shape index (κ2) is 7.60. The number of carbonyl (C=O) groups is 1. The Morgan fingerprint density at radius 1 is 1.16 bits per heavy atom. The highest BCUT2D eigenvalue weighted by Crippen LogP contribution is 2.20. The van der Waals surface area contributed by atoms with E-state index in [1.165, 1.54) is 3.57 Å². The molecule has 0 saturated heterocycles. The van der Waals surface area contributed by atoms with Crippen molar-refractivity contribution in [3.8, 4) is 5.69 Å². The average Bonchev–Trinajstić information content (AvgIpc) is 2.90. The van der Waals surface area contributed by atoms with Crippen molar-refractivity contribution in [1.29, 1.82) is 0 Å². The fourth-order valence-electron chi connectivity index (χ4n) is 2.63. The van der Waals surface area contributed by atoms with Gasteiger partial charge in [-0.15, -0.1) is 0 Å². The molecule has 2 heterocycles. The SMILES string of the molecule is Cc1cc(/C=N/NC(=O)c2ccncc2)c(C)n1-c1ccc(I)cc1. The van der Waals surface area contributed by atoms with E-state index in [1.807, 2.05) is 6.92 Å². The highest BCUT2D eigenvalue weighted by atomic mass is 127. The Bertz CT molecular complexity index is 915. The van der Waals surface area contributed by atoms with Crippen molar-refractivity contribution in [3.63, 3.8) is 0 Å². The lowest BCUT2D eigenvalue weighted by Gasteiger charge is -2.09. The number of nitrogens with one attached hydrogen (secondary N) is 1. The number of nitrogens with zero attached hydrogens (tertiary/aromatic N) is 3. The molecule has 0 bridgehead atoms. The Labute approximate surface area is 159 Å². The zero-order chi connectivity index (χ0) is 17.8. The zero-order valence-corrected chi connectivity index (χ0v) is 16.1. The molecular weight excluding hydrogens is 427 g/mol. The third kappa shape index (κ3) is 3.96. The highest BCUT2D eigenvalue weighted by molar-refractivity contribution is 14.1. The first-order valence-corrected chi connectivity index (χ1v) is 8.82. The van der Waals surface area contributed by atoms with E-state index >= 15 is 0 Å². The quantitative estimate of drug-likeness (QED) is 0.378. The van der Waals surface area contributed by atoms with E-state index in [0.29, 0.717) is 5.56 Å². The molecule has 0 saturated carbocycles. The number of hydrogen-bond donors (Lipinski definition) is 1. The van der Waals surface area contributed by atoms with Crippen molar-refractivity contribution in [2.24, 2.45) is 5.10 Å². The number of hydrogen-bond acceptors (Lipinski definition) is 3. The van der Waals surface area contributed by atoms with Crippen LogP contribution in [0.4, 0.5) is 0 Å². The molecule has 126 valence electrons. The minimum Gasteiger partial charge on any atom is -0.318 e. The molecule has 3 rings (SSSR count). The number of halogens is 1. The molecule has 0 radical (unpaired) electrons. The maximum absolute atomic E-state index is 12.0. The summed E-state index contributed by atoms with van der Waals surface area (Å²) in [5, 5.41) is 4.08. The number of aromatic nitrogens is 2. The van der Waals surface area contributed by atoms with Crippen LogP contribution in [0.2, 0.25) is 0 Å². The summed E-state index contributed by atoms with van der Waals surface area (Å²) < 4.78 is 3.37. The molecule has 0 spiro atoms. The Hall–Kier alpha value is -2.48. The fraction of sp³-hybridized carbons (Fsp3) is 0.105. The second-order valence-electron chi connectivity index (χ2n) is 5.57. The number of carbonyl (C=O) groups excluding carboxylic acids is 1. The van der Waals surface area contributed by atoms with Crippen molar-refractivity contribution < 1.29 is 4.79 Å². The first-order valence-electron chi connectivity index (χ1n) is 7.74. The van der Waals surface area contributed by atoms with Gasteiger partial charge >= 0.3 is 0 Å². The Kier molecular flexibility index (Phi) is 5.28. The van der Waals surface area contributed by atoms with Crippen LogP contribution in [0.1, 0.15) is 27.3 Å². The van der Waals surface area contributed by atoms with Crippen molar-refractivity contribution in [2.75, 3.05) is 0 Å². The van der Waals surface area contributed by atoms with Gasteiger partial charge < -0.3 is 4.57 Å². The molecule has 2 aromatic heterocycles. The maximum Gasteiger partial charge on any atom is 0.271 e. The van der Waals surface area contributed by atoms with Crippen LogP contribution in [-0.2, 0) is 0 Å². The van der Waals surface area contributed by atoms with Crippen molar-refractivity contribution in [2.45, 2.75) is 13.8 Å². The third-order valence-corrected chi connectivity index (χ3v) is 4.59. The van der Waals surface area contributed by atoms with Gasteiger partial charge in [0, 0.05) is 44.2 Å². The maximum atomic E-state index is 12.0. The molecule has 1 amide bonds. The summed E-state index contributed by atoms with van der Waals surface area (Å²) in [4.78, 5) is 15.9. The van der Waals surface area contributed by atoms with Crippen molar-refractivity contribution in [3.05, 3.63) is 80.9 Å². The van der Waals surface area contributed by atoms with Gasteiger partial charge in [0.1, 0.15) is 0 Å². The van der Waals surface area contributed by atoms with Gasteiger partial charge in [0.05, 0.1) is 6.21 Å². The normalized spacial score (nSPS) is 11.0. The lowest BCUT2D eigenvalue weighted by atomic mass is 10.2. The van der Waals surface area contributed by atoms with Crippen LogP contribution < -0.4 is 5.43 Å². The van der Waals surface area contributed by atoms with E-state index < -0.39 is 0 Å². The Morgan fingerprint density at radius 3 is 2.52 bits per heavy atom. The summed E-state index contributed by atoms with van der Waals surface area (Å²) in [5.41, 5.74) is 7.32. The van der Waals surface area contributed by atoms with Crippen LogP contribution in [0.25, 0.3) is 5.69 Å². The molecule has 0 aliphatic heterocycles. The number of rotatable bonds is 4. The molecular formula is C19H17IN4O.